The number of hydrogen-bond acceptors (Lipinski definition) is 2. The van der Waals surface area contributed by atoms with Gasteiger partial charge < -0.3 is 5.11 Å². The van der Waals surface area contributed by atoms with Gasteiger partial charge in [0.05, 0.1) is 5.71 Å². The topological polar surface area (TPSA) is 32.6 Å². The minimum atomic E-state index is -0.596. The molecule has 2 heteroatoms. The molecular weight excluding hydrogens is 270 g/mol. The summed E-state index contributed by atoms with van der Waals surface area (Å²) in [6.07, 6.45) is 7.02. The zero-order valence-corrected chi connectivity index (χ0v) is 14.8. The van der Waals surface area contributed by atoms with E-state index in [1.165, 1.54) is 32.1 Å². The van der Waals surface area contributed by atoms with E-state index >= 15 is 0 Å². The lowest BCUT2D eigenvalue weighted by molar-refractivity contribution is 0.234. The predicted octanol–water partition coefficient (Wildman–Crippen LogP) is 5.57. The number of unbranched alkanes of at least 4 members (excludes halogenated alkanes) is 5. The van der Waals surface area contributed by atoms with Gasteiger partial charge >= 0.3 is 0 Å². The predicted molar refractivity (Wildman–Crippen MR) is 96.5 cm³/mol. The summed E-state index contributed by atoms with van der Waals surface area (Å²) >= 11 is 0. The van der Waals surface area contributed by atoms with Gasteiger partial charge in [-0.25, -0.2) is 0 Å². The highest BCUT2D eigenvalue weighted by molar-refractivity contribution is 5.93. The van der Waals surface area contributed by atoms with Crippen LogP contribution in [-0.2, 0) is 0 Å². The number of hydrogen-bond donors (Lipinski definition) is 1. The quantitative estimate of drug-likeness (QED) is 0.469. The molecule has 2 nitrogen and oxygen atoms in total. The first-order chi connectivity index (χ1) is 10.5. The Morgan fingerprint density at radius 2 is 1.59 bits per heavy atom. The van der Waals surface area contributed by atoms with Crippen LogP contribution in [0.3, 0.4) is 0 Å². The van der Waals surface area contributed by atoms with Crippen molar-refractivity contribution in [3.05, 3.63) is 35.9 Å². The summed E-state index contributed by atoms with van der Waals surface area (Å²) < 4.78 is 0. The second-order valence-electron chi connectivity index (χ2n) is 7.10. The van der Waals surface area contributed by atoms with Gasteiger partial charge in [-0.05, 0) is 12.0 Å². The lowest BCUT2D eigenvalue weighted by Crippen LogP contribution is -2.27. The summed E-state index contributed by atoms with van der Waals surface area (Å²) in [5.41, 5.74) is 1.71. The van der Waals surface area contributed by atoms with Crippen LogP contribution in [0.5, 0.6) is 0 Å². The number of benzene rings is 1. The van der Waals surface area contributed by atoms with Gasteiger partial charge in [0.25, 0.3) is 0 Å². The van der Waals surface area contributed by atoms with Crippen LogP contribution >= 0.6 is 0 Å². The molecule has 0 saturated heterocycles. The van der Waals surface area contributed by atoms with Gasteiger partial charge in [-0.15, -0.1) is 0 Å². The Labute approximate surface area is 136 Å². The van der Waals surface area contributed by atoms with E-state index in [1.54, 1.807) is 0 Å². The zero-order valence-electron chi connectivity index (χ0n) is 14.8. The average Bonchev–Trinajstić information content (AvgIpc) is 2.49. The fraction of sp³-hybridized carbons (Fsp3) is 0.650. The Balaban J connectivity index is 2.59. The normalized spacial score (nSPS) is 14.1. The van der Waals surface area contributed by atoms with Crippen molar-refractivity contribution >= 4 is 5.71 Å². The summed E-state index contributed by atoms with van der Waals surface area (Å²) in [5.74, 6) is 0. The first-order valence-corrected chi connectivity index (χ1v) is 8.74. The first-order valence-electron chi connectivity index (χ1n) is 8.74. The van der Waals surface area contributed by atoms with Gasteiger partial charge in [0.2, 0.25) is 0 Å². The van der Waals surface area contributed by atoms with Gasteiger partial charge in [0.1, 0.15) is 6.10 Å². The van der Waals surface area contributed by atoms with Crippen LogP contribution in [0.15, 0.2) is 35.3 Å². The van der Waals surface area contributed by atoms with E-state index in [9.17, 15) is 5.11 Å². The van der Waals surface area contributed by atoms with E-state index in [4.69, 9.17) is 4.99 Å². The van der Waals surface area contributed by atoms with Crippen molar-refractivity contribution in [2.45, 2.75) is 72.3 Å². The van der Waals surface area contributed by atoms with Crippen LogP contribution < -0.4 is 0 Å². The molecule has 0 radical (unpaired) electrons. The summed E-state index contributed by atoms with van der Waals surface area (Å²) in [6, 6.07) is 9.84. The summed E-state index contributed by atoms with van der Waals surface area (Å²) in [7, 11) is 0. The third-order valence-corrected chi connectivity index (χ3v) is 3.94. The van der Waals surface area contributed by atoms with E-state index in [0.717, 1.165) is 24.2 Å². The van der Waals surface area contributed by atoms with E-state index in [1.807, 2.05) is 30.3 Å². The average molecular weight is 303 g/mol. The van der Waals surface area contributed by atoms with E-state index in [-0.39, 0.29) is 5.41 Å². The highest BCUT2D eigenvalue weighted by Crippen LogP contribution is 2.27. The van der Waals surface area contributed by atoms with Crippen LogP contribution in [0.1, 0.15) is 77.9 Å². The minimum Gasteiger partial charge on any atom is -0.382 e. The molecule has 1 rings (SSSR count). The third kappa shape index (κ3) is 6.74. The molecule has 0 aliphatic carbocycles. The highest BCUT2D eigenvalue weighted by Gasteiger charge is 2.26. The SMILES string of the molecule is CCCCCCCCN=C(C(O)c1ccccc1)C(C)(C)C. The van der Waals surface area contributed by atoms with Gasteiger partial charge in [-0.1, -0.05) is 90.1 Å². The van der Waals surface area contributed by atoms with Crippen LogP contribution in [-0.4, -0.2) is 17.4 Å². The maximum absolute atomic E-state index is 10.7. The maximum Gasteiger partial charge on any atom is 0.117 e. The van der Waals surface area contributed by atoms with Crippen molar-refractivity contribution < 1.29 is 5.11 Å². The number of aliphatic hydroxyl groups is 1. The van der Waals surface area contributed by atoms with Crippen LogP contribution in [0.4, 0.5) is 0 Å². The lowest BCUT2D eigenvalue weighted by atomic mass is 9.84. The Morgan fingerprint density at radius 3 is 2.18 bits per heavy atom. The Bertz CT molecular complexity index is 431. The molecule has 0 bridgehead atoms. The van der Waals surface area contributed by atoms with Crippen LogP contribution in [0.2, 0.25) is 0 Å². The largest absolute Gasteiger partial charge is 0.382 e. The molecule has 1 atom stereocenters. The van der Waals surface area contributed by atoms with Gasteiger partial charge in [-0.3, -0.25) is 4.99 Å². The van der Waals surface area contributed by atoms with Gasteiger partial charge in [0.15, 0.2) is 0 Å². The second kappa shape index (κ2) is 9.78. The van der Waals surface area contributed by atoms with Crippen molar-refractivity contribution in [2.24, 2.45) is 10.4 Å². The van der Waals surface area contributed by atoms with E-state index < -0.39 is 6.10 Å². The number of nitrogens with zero attached hydrogens (tertiary/aromatic N) is 1. The molecule has 0 amide bonds. The molecule has 0 saturated carbocycles. The molecule has 0 aliphatic heterocycles. The van der Waals surface area contributed by atoms with Gasteiger partial charge in [-0.2, -0.15) is 0 Å². The van der Waals surface area contributed by atoms with E-state index in [2.05, 4.69) is 27.7 Å². The molecule has 1 aromatic rings. The maximum atomic E-state index is 10.7. The van der Waals surface area contributed by atoms with Crippen molar-refractivity contribution in [3.63, 3.8) is 0 Å². The molecule has 0 fully saturated rings. The smallest absolute Gasteiger partial charge is 0.117 e. The Hall–Kier alpha value is -1.15. The third-order valence-electron chi connectivity index (χ3n) is 3.94. The Morgan fingerprint density at radius 1 is 1.00 bits per heavy atom. The summed E-state index contributed by atoms with van der Waals surface area (Å²) in [5, 5.41) is 10.7. The summed E-state index contributed by atoms with van der Waals surface area (Å²) in [6.45, 7) is 9.44. The molecule has 1 unspecified atom stereocenters. The fourth-order valence-electron chi connectivity index (χ4n) is 2.62. The molecule has 0 aliphatic rings. The molecule has 1 N–H and O–H groups in total. The second-order valence-corrected chi connectivity index (χ2v) is 7.10. The molecule has 22 heavy (non-hydrogen) atoms. The van der Waals surface area contributed by atoms with Crippen molar-refractivity contribution in [2.75, 3.05) is 6.54 Å². The Kier molecular flexibility index (Phi) is 8.40. The molecule has 0 spiro atoms. The zero-order chi connectivity index (χ0) is 16.4. The number of aliphatic hydroxyl groups excluding tert-OH is 1. The monoisotopic (exact) mass is 303 g/mol. The molecule has 0 heterocycles. The number of aliphatic imine (C=N–C) groups is 1. The molecular formula is C20H33NO. The fourth-order valence-corrected chi connectivity index (χ4v) is 2.62. The lowest BCUT2D eigenvalue weighted by Gasteiger charge is -2.26. The van der Waals surface area contributed by atoms with Crippen molar-refractivity contribution in [1.29, 1.82) is 0 Å². The highest BCUT2D eigenvalue weighted by atomic mass is 16.3. The van der Waals surface area contributed by atoms with Gasteiger partial charge in [0, 0.05) is 12.0 Å². The van der Waals surface area contributed by atoms with E-state index in [0.29, 0.717) is 0 Å². The minimum absolute atomic E-state index is 0.114. The first kappa shape index (κ1) is 18.9. The number of rotatable bonds is 9. The van der Waals surface area contributed by atoms with Crippen LogP contribution in [0.25, 0.3) is 0 Å². The molecule has 1 aromatic carbocycles. The van der Waals surface area contributed by atoms with Crippen molar-refractivity contribution in [1.82, 2.24) is 0 Å². The van der Waals surface area contributed by atoms with Crippen LogP contribution in [0, 0.1) is 5.41 Å². The molecule has 0 aromatic heterocycles. The molecule has 124 valence electrons. The standard InChI is InChI=1S/C20H33NO/c1-5-6-7-8-9-13-16-21-19(20(2,3)4)18(22)17-14-11-10-12-15-17/h10-12,14-15,18,22H,5-9,13,16H2,1-4H3. The summed E-state index contributed by atoms with van der Waals surface area (Å²) in [4.78, 5) is 4.76. The van der Waals surface area contributed by atoms with Crippen molar-refractivity contribution in [3.8, 4) is 0 Å².